The van der Waals surface area contributed by atoms with Gasteiger partial charge in [-0.15, -0.1) is 0 Å². The molecule has 0 saturated carbocycles. The Morgan fingerprint density at radius 3 is 2.42 bits per heavy atom. The third-order valence-electron chi connectivity index (χ3n) is 1.83. The lowest BCUT2D eigenvalue weighted by atomic mass is 9.95. The van der Waals surface area contributed by atoms with Gasteiger partial charge in [-0.1, -0.05) is 13.8 Å². The van der Waals surface area contributed by atoms with E-state index in [0.29, 0.717) is 12.3 Å². The largest absolute Gasteiger partial charge is 0.467 e. The summed E-state index contributed by atoms with van der Waals surface area (Å²) in [6.45, 7) is 5.59. The Balaban J connectivity index is 3.95. The van der Waals surface area contributed by atoms with E-state index >= 15 is 0 Å². The first kappa shape index (κ1) is 11.4. The molecule has 1 atom stereocenters. The van der Waals surface area contributed by atoms with Crippen LogP contribution in [0.5, 0.6) is 0 Å². The van der Waals surface area contributed by atoms with Crippen molar-refractivity contribution in [1.29, 1.82) is 0 Å². The van der Waals surface area contributed by atoms with Crippen LogP contribution in [0.25, 0.3) is 0 Å². The summed E-state index contributed by atoms with van der Waals surface area (Å²) in [5, 5.41) is 9.56. The third kappa shape index (κ3) is 3.72. The van der Waals surface area contributed by atoms with Crippen LogP contribution in [0.1, 0.15) is 33.6 Å². The number of carbonyl (C=O) groups is 1. The van der Waals surface area contributed by atoms with Gasteiger partial charge in [0, 0.05) is 0 Å². The van der Waals surface area contributed by atoms with Crippen LogP contribution in [0.3, 0.4) is 0 Å². The lowest BCUT2D eigenvalue weighted by Crippen LogP contribution is -2.36. The lowest BCUT2D eigenvalue weighted by Gasteiger charge is -2.20. The van der Waals surface area contributed by atoms with E-state index in [0.717, 1.165) is 6.42 Å². The SMILES string of the molecule is COC(=O)C(C)(O)CCC(C)C. The van der Waals surface area contributed by atoms with Gasteiger partial charge in [-0.25, -0.2) is 4.79 Å². The number of carbonyl (C=O) groups excluding carboxylic acids is 1. The molecule has 0 aliphatic heterocycles. The smallest absolute Gasteiger partial charge is 0.337 e. The second kappa shape index (κ2) is 4.45. The van der Waals surface area contributed by atoms with Gasteiger partial charge in [0.2, 0.25) is 0 Å². The zero-order valence-corrected chi connectivity index (χ0v) is 8.26. The Morgan fingerprint density at radius 1 is 1.58 bits per heavy atom. The highest BCUT2D eigenvalue weighted by atomic mass is 16.5. The van der Waals surface area contributed by atoms with Crippen molar-refractivity contribution in [3.8, 4) is 0 Å². The fraction of sp³-hybridized carbons (Fsp3) is 0.889. The van der Waals surface area contributed by atoms with E-state index < -0.39 is 11.6 Å². The molecule has 0 bridgehead atoms. The minimum absolute atomic E-state index is 0.456. The highest BCUT2D eigenvalue weighted by Crippen LogP contribution is 2.17. The summed E-state index contributed by atoms with van der Waals surface area (Å²) < 4.78 is 4.46. The molecule has 0 rings (SSSR count). The highest BCUT2D eigenvalue weighted by Gasteiger charge is 2.30. The minimum Gasteiger partial charge on any atom is -0.467 e. The maximum absolute atomic E-state index is 11.0. The number of hydrogen-bond donors (Lipinski definition) is 1. The van der Waals surface area contributed by atoms with Crippen molar-refractivity contribution in [2.45, 2.75) is 39.2 Å². The average molecular weight is 174 g/mol. The molecule has 0 spiro atoms. The predicted molar refractivity (Wildman–Crippen MR) is 46.7 cm³/mol. The number of esters is 1. The molecule has 0 aliphatic rings. The Bertz CT molecular complexity index is 150. The van der Waals surface area contributed by atoms with Gasteiger partial charge in [-0.3, -0.25) is 0 Å². The number of aliphatic hydroxyl groups is 1. The number of hydrogen-bond acceptors (Lipinski definition) is 3. The molecule has 0 aromatic carbocycles. The van der Waals surface area contributed by atoms with Gasteiger partial charge in [0.15, 0.2) is 5.60 Å². The Labute approximate surface area is 73.7 Å². The van der Waals surface area contributed by atoms with Crippen LogP contribution >= 0.6 is 0 Å². The number of rotatable bonds is 4. The molecular formula is C9H18O3. The summed E-state index contributed by atoms with van der Waals surface area (Å²) in [5.41, 5.74) is -1.32. The van der Waals surface area contributed by atoms with E-state index in [1.54, 1.807) is 0 Å². The number of ether oxygens (including phenoxy) is 1. The van der Waals surface area contributed by atoms with Crippen LogP contribution in [-0.2, 0) is 9.53 Å². The van der Waals surface area contributed by atoms with Gasteiger partial charge in [0.25, 0.3) is 0 Å². The van der Waals surface area contributed by atoms with E-state index in [-0.39, 0.29) is 0 Å². The Hall–Kier alpha value is -0.570. The van der Waals surface area contributed by atoms with Crippen LogP contribution in [0.2, 0.25) is 0 Å². The minimum atomic E-state index is -1.32. The second-order valence-corrected chi connectivity index (χ2v) is 3.70. The van der Waals surface area contributed by atoms with E-state index in [2.05, 4.69) is 4.74 Å². The van der Waals surface area contributed by atoms with Crippen LogP contribution in [0.15, 0.2) is 0 Å². The van der Waals surface area contributed by atoms with Gasteiger partial charge < -0.3 is 9.84 Å². The molecule has 1 N–H and O–H groups in total. The summed E-state index contributed by atoms with van der Waals surface area (Å²) in [7, 11) is 1.28. The molecule has 0 amide bonds. The molecule has 0 aliphatic carbocycles. The molecule has 0 aromatic heterocycles. The fourth-order valence-electron chi connectivity index (χ4n) is 0.892. The number of methoxy groups -OCH3 is 1. The van der Waals surface area contributed by atoms with Crippen LogP contribution < -0.4 is 0 Å². The van der Waals surface area contributed by atoms with E-state index in [1.807, 2.05) is 13.8 Å². The first-order chi connectivity index (χ1) is 5.40. The van der Waals surface area contributed by atoms with Crippen LogP contribution in [-0.4, -0.2) is 23.8 Å². The summed E-state index contributed by atoms with van der Waals surface area (Å²) in [5.74, 6) is -0.0655. The zero-order valence-electron chi connectivity index (χ0n) is 8.26. The summed E-state index contributed by atoms with van der Waals surface area (Å²) in [6.07, 6.45) is 1.28. The van der Waals surface area contributed by atoms with Crippen molar-refractivity contribution in [2.75, 3.05) is 7.11 Å². The monoisotopic (exact) mass is 174 g/mol. The quantitative estimate of drug-likeness (QED) is 0.654. The molecule has 72 valence electrons. The summed E-state index contributed by atoms with van der Waals surface area (Å²) >= 11 is 0. The van der Waals surface area contributed by atoms with Gasteiger partial charge >= 0.3 is 5.97 Å². The molecule has 0 fully saturated rings. The average Bonchev–Trinajstić information content (AvgIpc) is 1.99. The Morgan fingerprint density at radius 2 is 2.08 bits per heavy atom. The Kier molecular flexibility index (Phi) is 4.24. The summed E-state index contributed by atoms with van der Waals surface area (Å²) in [6, 6.07) is 0. The first-order valence-corrected chi connectivity index (χ1v) is 4.21. The van der Waals surface area contributed by atoms with Gasteiger partial charge in [-0.2, -0.15) is 0 Å². The van der Waals surface area contributed by atoms with Crippen molar-refractivity contribution in [1.82, 2.24) is 0 Å². The van der Waals surface area contributed by atoms with E-state index in [1.165, 1.54) is 14.0 Å². The molecule has 3 nitrogen and oxygen atoms in total. The van der Waals surface area contributed by atoms with Gasteiger partial charge in [-0.05, 0) is 25.7 Å². The van der Waals surface area contributed by atoms with Gasteiger partial charge in [0.1, 0.15) is 0 Å². The predicted octanol–water partition coefficient (Wildman–Crippen LogP) is 1.35. The maximum Gasteiger partial charge on any atom is 0.337 e. The zero-order chi connectivity index (χ0) is 9.78. The molecule has 12 heavy (non-hydrogen) atoms. The summed E-state index contributed by atoms with van der Waals surface area (Å²) in [4.78, 5) is 11.0. The van der Waals surface area contributed by atoms with Crippen LogP contribution in [0.4, 0.5) is 0 Å². The third-order valence-corrected chi connectivity index (χ3v) is 1.83. The van der Waals surface area contributed by atoms with Crippen molar-refractivity contribution in [2.24, 2.45) is 5.92 Å². The first-order valence-electron chi connectivity index (χ1n) is 4.21. The fourth-order valence-corrected chi connectivity index (χ4v) is 0.892. The molecule has 3 heteroatoms. The lowest BCUT2D eigenvalue weighted by molar-refractivity contribution is -0.161. The van der Waals surface area contributed by atoms with E-state index in [4.69, 9.17) is 0 Å². The molecular weight excluding hydrogens is 156 g/mol. The molecule has 0 heterocycles. The highest BCUT2D eigenvalue weighted by molar-refractivity contribution is 5.78. The molecule has 0 aromatic rings. The van der Waals surface area contributed by atoms with Crippen molar-refractivity contribution >= 4 is 5.97 Å². The normalized spacial score (nSPS) is 15.8. The second-order valence-electron chi connectivity index (χ2n) is 3.70. The molecule has 0 radical (unpaired) electrons. The maximum atomic E-state index is 11.0. The van der Waals surface area contributed by atoms with Crippen molar-refractivity contribution in [3.05, 3.63) is 0 Å². The molecule has 1 unspecified atom stereocenters. The van der Waals surface area contributed by atoms with Gasteiger partial charge in [0.05, 0.1) is 7.11 Å². The topological polar surface area (TPSA) is 46.5 Å². The van der Waals surface area contributed by atoms with Crippen molar-refractivity contribution in [3.63, 3.8) is 0 Å². The van der Waals surface area contributed by atoms with Crippen LogP contribution in [0, 0.1) is 5.92 Å². The molecule has 0 saturated heterocycles. The van der Waals surface area contributed by atoms with Crippen molar-refractivity contribution < 1.29 is 14.6 Å². The van der Waals surface area contributed by atoms with E-state index in [9.17, 15) is 9.90 Å². The standard InChI is InChI=1S/C9H18O3/c1-7(2)5-6-9(3,11)8(10)12-4/h7,11H,5-6H2,1-4H3.